The molecule has 0 aliphatic carbocycles. The Kier molecular flexibility index (Phi) is 4.54. The van der Waals surface area contributed by atoms with Crippen LogP contribution >= 0.6 is 12.2 Å². The highest BCUT2D eigenvalue weighted by molar-refractivity contribution is 7.80. The van der Waals surface area contributed by atoms with Crippen LogP contribution in [0.1, 0.15) is 30.5 Å². The van der Waals surface area contributed by atoms with E-state index in [1.165, 1.54) is 7.11 Å². The molecule has 0 bridgehead atoms. The summed E-state index contributed by atoms with van der Waals surface area (Å²) in [5, 5.41) is 0. The standard InChI is InChI=1S/C14H19N3O2S/c1-9-6-7-10(12(15)20)13(16-9)17-8-4-3-5-11(17)14(18)19-2/h6-7,11H,3-5,8H2,1-2H3,(H2,15,20). The molecule has 1 aromatic heterocycles. The fourth-order valence-corrected chi connectivity index (χ4v) is 2.68. The Labute approximate surface area is 124 Å². The van der Waals surface area contributed by atoms with Gasteiger partial charge in [-0.05, 0) is 38.3 Å². The summed E-state index contributed by atoms with van der Waals surface area (Å²) in [6, 6.07) is 3.43. The molecular weight excluding hydrogens is 274 g/mol. The average Bonchev–Trinajstić information content (AvgIpc) is 2.46. The number of hydrogen-bond acceptors (Lipinski definition) is 5. The van der Waals surface area contributed by atoms with Gasteiger partial charge in [0.15, 0.2) is 0 Å². The summed E-state index contributed by atoms with van der Waals surface area (Å²) in [5.74, 6) is 0.453. The second kappa shape index (κ2) is 6.17. The maximum absolute atomic E-state index is 12.0. The zero-order valence-electron chi connectivity index (χ0n) is 11.8. The molecule has 1 saturated heterocycles. The first-order valence-electron chi connectivity index (χ1n) is 6.66. The second-order valence-corrected chi connectivity index (χ2v) is 5.36. The molecule has 1 aliphatic heterocycles. The molecule has 2 rings (SSSR count). The molecule has 0 aromatic carbocycles. The zero-order chi connectivity index (χ0) is 14.7. The van der Waals surface area contributed by atoms with Gasteiger partial charge >= 0.3 is 5.97 Å². The van der Waals surface area contributed by atoms with Gasteiger partial charge in [-0.1, -0.05) is 12.2 Å². The van der Waals surface area contributed by atoms with Crippen LogP contribution in [0, 0.1) is 6.92 Å². The van der Waals surface area contributed by atoms with Crippen molar-refractivity contribution < 1.29 is 9.53 Å². The Morgan fingerprint density at radius 3 is 2.90 bits per heavy atom. The van der Waals surface area contributed by atoms with Gasteiger partial charge in [-0.15, -0.1) is 0 Å². The molecular formula is C14H19N3O2S. The molecule has 5 nitrogen and oxygen atoms in total. The van der Waals surface area contributed by atoms with Gasteiger partial charge in [0.05, 0.1) is 12.7 Å². The fourth-order valence-electron chi connectivity index (χ4n) is 2.52. The van der Waals surface area contributed by atoms with Crippen LogP contribution in [0.25, 0.3) is 0 Å². The molecule has 6 heteroatoms. The number of thiocarbonyl (C=S) groups is 1. The van der Waals surface area contributed by atoms with Crippen LogP contribution in [-0.4, -0.2) is 35.6 Å². The minimum atomic E-state index is -0.309. The van der Waals surface area contributed by atoms with Gasteiger partial charge < -0.3 is 15.4 Å². The number of rotatable bonds is 3. The molecule has 2 N–H and O–H groups in total. The van der Waals surface area contributed by atoms with Crippen LogP contribution in [0.15, 0.2) is 12.1 Å². The molecule has 1 fully saturated rings. The number of esters is 1. The predicted octanol–water partition coefficient (Wildman–Crippen LogP) is 1.56. The average molecular weight is 293 g/mol. The lowest BCUT2D eigenvalue weighted by Gasteiger charge is -2.35. The molecule has 1 aromatic rings. The quantitative estimate of drug-likeness (QED) is 0.674. The smallest absolute Gasteiger partial charge is 0.328 e. The van der Waals surface area contributed by atoms with Crippen molar-refractivity contribution in [1.82, 2.24) is 4.98 Å². The maximum atomic E-state index is 12.0. The summed E-state index contributed by atoms with van der Waals surface area (Å²) in [6.45, 7) is 2.66. The van der Waals surface area contributed by atoms with E-state index in [9.17, 15) is 4.79 Å². The van der Waals surface area contributed by atoms with Gasteiger partial charge in [0.2, 0.25) is 0 Å². The number of carbonyl (C=O) groups excluding carboxylic acids is 1. The number of carbonyl (C=O) groups is 1. The van der Waals surface area contributed by atoms with Gasteiger partial charge in [-0.2, -0.15) is 0 Å². The largest absolute Gasteiger partial charge is 0.467 e. The molecule has 0 spiro atoms. The van der Waals surface area contributed by atoms with Gasteiger partial charge in [-0.3, -0.25) is 0 Å². The number of aryl methyl sites for hydroxylation is 1. The van der Waals surface area contributed by atoms with E-state index < -0.39 is 0 Å². The number of methoxy groups -OCH3 is 1. The van der Waals surface area contributed by atoms with E-state index >= 15 is 0 Å². The number of piperidine rings is 1. The third-order valence-electron chi connectivity index (χ3n) is 3.53. The molecule has 1 unspecified atom stereocenters. The third-order valence-corrected chi connectivity index (χ3v) is 3.75. The minimum Gasteiger partial charge on any atom is -0.467 e. The SMILES string of the molecule is COC(=O)C1CCCCN1c1nc(C)ccc1C(N)=S. The number of hydrogen-bond donors (Lipinski definition) is 1. The zero-order valence-corrected chi connectivity index (χ0v) is 12.6. The summed E-state index contributed by atoms with van der Waals surface area (Å²) < 4.78 is 4.90. The maximum Gasteiger partial charge on any atom is 0.328 e. The first-order valence-corrected chi connectivity index (χ1v) is 7.07. The highest BCUT2D eigenvalue weighted by Crippen LogP contribution is 2.27. The van der Waals surface area contributed by atoms with Crippen molar-refractivity contribution in [2.75, 3.05) is 18.6 Å². The van der Waals surface area contributed by atoms with Crippen molar-refractivity contribution >= 4 is 29.0 Å². The van der Waals surface area contributed by atoms with Crippen molar-refractivity contribution in [2.45, 2.75) is 32.2 Å². The van der Waals surface area contributed by atoms with Crippen molar-refractivity contribution in [1.29, 1.82) is 0 Å². The van der Waals surface area contributed by atoms with Crippen LogP contribution < -0.4 is 10.6 Å². The summed E-state index contributed by atoms with van der Waals surface area (Å²) in [5.41, 5.74) is 7.35. The van der Waals surface area contributed by atoms with Crippen LogP contribution in [-0.2, 0) is 9.53 Å². The topological polar surface area (TPSA) is 68.5 Å². The van der Waals surface area contributed by atoms with Crippen LogP contribution in [0.4, 0.5) is 5.82 Å². The Morgan fingerprint density at radius 1 is 1.50 bits per heavy atom. The Hall–Kier alpha value is -1.69. The second-order valence-electron chi connectivity index (χ2n) is 4.92. The third kappa shape index (κ3) is 2.90. The molecule has 2 heterocycles. The summed E-state index contributed by atoms with van der Waals surface area (Å²) in [6.07, 6.45) is 2.78. The van der Waals surface area contributed by atoms with Crippen molar-refractivity contribution in [3.05, 3.63) is 23.4 Å². The van der Waals surface area contributed by atoms with Crippen LogP contribution in [0.2, 0.25) is 0 Å². The number of ether oxygens (including phenoxy) is 1. The molecule has 0 saturated carbocycles. The molecule has 1 atom stereocenters. The van der Waals surface area contributed by atoms with Gasteiger partial charge in [0.1, 0.15) is 16.8 Å². The molecule has 20 heavy (non-hydrogen) atoms. The van der Waals surface area contributed by atoms with E-state index in [1.807, 2.05) is 24.0 Å². The fraction of sp³-hybridized carbons (Fsp3) is 0.500. The monoisotopic (exact) mass is 293 g/mol. The number of pyridine rings is 1. The van der Waals surface area contributed by atoms with E-state index in [1.54, 1.807) is 0 Å². The lowest BCUT2D eigenvalue weighted by atomic mass is 10.0. The summed E-state index contributed by atoms with van der Waals surface area (Å²) in [4.78, 5) is 18.8. The number of nitrogens with zero attached hydrogens (tertiary/aromatic N) is 2. The molecule has 1 aliphatic rings. The van der Waals surface area contributed by atoms with Gasteiger partial charge in [0, 0.05) is 12.2 Å². The predicted molar refractivity (Wildman–Crippen MR) is 81.9 cm³/mol. The van der Waals surface area contributed by atoms with Crippen LogP contribution in [0.3, 0.4) is 0 Å². The minimum absolute atomic E-state index is 0.234. The summed E-state index contributed by atoms with van der Waals surface area (Å²) >= 11 is 5.09. The first-order chi connectivity index (χ1) is 9.54. The summed E-state index contributed by atoms with van der Waals surface area (Å²) in [7, 11) is 1.41. The highest BCUT2D eigenvalue weighted by Gasteiger charge is 2.32. The number of aromatic nitrogens is 1. The van der Waals surface area contributed by atoms with E-state index in [2.05, 4.69) is 4.98 Å². The Balaban J connectivity index is 2.44. The molecule has 108 valence electrons. The number of anilines is 1. The van der Waals surface area contributed by atoms with Crippen molar-refractivity contribution in [3.8, 4) is 0 Å². The lowest BCUT2D eigenvalue weighted by molar-refractivity contribution is -0.142. The van der Waals surface area contributed by atoms with E-state index in [0.29, 0.717) is 16.4 Å². The van der Waals surface area contributed by atoms with Crippen LogP contribution in [0.5, 0.6) is 0 Å². The van der Waals surface area contributed by atoms with Crippen molar-refractivity contribution in [3.63, 3.8) is 0 Å². The molecule has 0 radical (unpaired) electrons. The normalized spacial score (nSPS) is 18.7. The highest BCUT2D eigenvalue weighted by atomic mass is 32.1. The Bertz CT molecular complexity index is 533. The van der Waals surface area contributed by atoms with E-state index in [-0.39, 0.29) is 12.0 Å². The van der Waals surface area contributed by atoms with E-state index in [0.717, 1.165) is 31.5 Å². The van der Waals surface area contributed by atoms with Crippen molar-refractivity contribution in [2.24, 2.45) is 5.73 Å². The Morgan fingerprint density at radius 2 is 2.25 bits per heavy atom. The molecule has 0 amide bonds. The van der Waals surface area contributed by atoms with E-state index in [4.69, 9.17) is 22.7 Å². The lowest BCUT2D eigenvalue weighted by Crippen LogP contribution is -2.46. The van der Waals surface area contributed by atoms with Gasteiger partial charge in [0.25, 0.3) is 0 Å². The van der Waals surface area contributed by atoms with Gasteiger partial charge in [-0.25, -0.2) is 9.78 Å². The number of nitrogens with two attached hydrogens (primary N) is 1. The first kappa shape index (κ1) is 14.7.